The smallest absolute Gasteiger partial charge is 0.227 e. The van der Waals surface area contributed by atoms with Gasteiger partial charge in [-0.25, -0.2) is 4.39 Å². The lowest BCUT2D eigenvalue weighted by Crippen LogP contribution is -2.39. The molecule has 0 N–H and O–H groups in total. The van der Waals surface area contributed by atoms with E-state index in [1.165, 1.54) is 29.9 Å². The summed E-state index contributed by atoms with van der Waals surface area (Å²) in [5.41, 5.74) is 0.749. The summed E-state index contributed by atoms with van der Waals surface area (Å²) in [5.74, 6) is -0.179. The number of hydrogen-bond acceptors (Lipinski definition) is 2. The first-order valence-corrected chi connectivity index (χ1v) is 8.66. The molecule has 22 heavy (non-hydrogen) atoms. The van der Waals surface area contributed by atoms with Crippen LogP contribution in [-0.2, 0) is 17.8 Å². The predicted molar refractivity (Wildman–Crippen MR) is 87.2 cm³/mol. The Morgan fingerprint density at radius 3 is 2.73 bits per heavy atom. The van der Waals surface area contributed by atoms with Gasteiger partial charge in [0.15, 0.2) is 0 Å². The van der Waals surface area contributed by atoms with Crippen molar-refractivity contribution in [3.8, 4) is 0 Å². The molecule has 1 fully saturated rings. The van der Waals surface area contributed by atoms with Crippen LogP contribution in [0.5, 0.6) is 0 Å². The van der Waals surface area contributed by atoms with Crippen molar-refractivity contribution >= 4 is 17.2 Å². The van der Waals surface area contributed by atoms with E-state index in [1.807, 2.05) is 22.4 Å². The molecule has 0 unspecified atom stereocenters. The van der Waals surface area contributed by atoms with Crippen LogP contribution in [-0.4, -0.2) is 16.8 Å². The first-order valence-electron chi connectivity index (χ1n) is 7.78. The molecule has 116 valence electrons. The molecule has 2 aromatic rings. The van der Waals surface area contributed by atoms with E-state index in [2.05, 4.69) is 6.07 Å². The maximum atomic E-state index is 13.3. The standard InChI is InChI=1S/C18H20FNOS/c19-15-6-3-5-14(11-15)12-18(21)20(16-7-1-2-8-16)13-17-9-4-10-22-17/h3-6,9-11,16H,1-2,7-8,12-13H2. The Bertz CT molecular complexity index is 620. The summed E-state index contributed by atoms with van der Waals surface area (Å²) >= 11 is 1.68. The van der Waals surface area contributed by atoms with Crippen molar-refractivity contribution in [2.45, 2.75) is 44.7 Å². The maximum Gasteiger partial charge on any atom is 0.227 e. The molecule has 2 nitrogen and oxygen atoms in total. The quantitative estimate of drug-likeness (QED) is 0.800. The van der Waals surface area contributed by atoms with Gasteiger partial charge in [-0.05, 0) is 42.0 Å². The maximum absolute atomic E-state index is 13.3. The number of carbonyl (C=O) groups excluding carboxylic acids is 1. The van der Waals surface area contributed by atoms with Crippen LogP contribution in [0.25, 0.3) is 0 Å². The van der Waals surface area contributed by atoms with Crippen LogP contribution >= 0.6 is 11.3 Å². The molecule has 1 heterocycles. The van der Waals surface area contributed by atoms with Gasteiger partial charge in [0.05, 0.1) is 13.0 Å². The topological polar surface area (TPSA) is 20.3 Å². The van der Waals surface area contributed by atoms with Crippen molar-refractivity contribution in [2.75, 3.05) is 0 Å². The van der Waals surface area contributed by atoms with Crippen molar-refractivity contribution in [3.05, 3.63) is 58.0 Å². The van der Waals surface area contributed by atoms with Crippen LogP contribution < -0.4 is 0 Å². The molecule has 0 atom stereocenters. The number of nitrogens with zero attached hydrogens (tertiary/aromatic N) is 1. The Balaban J connectivity index is 1.73. The van der Waals surface area contributed by atoms with Gasteiger partial charge < -0.3 is 4.90 Å². The highest BCUT2D eigenvalue weighted by Gasteiger charge is 2.27. The molecule has 1 aliphatic carbocycles. The van der Waals surface area contributed by atoms with E-state index in [0.29, 0.717) is 12.6 Å². The largest absolute Gasteiger partial charge is 0.334 e. The second kappa shape index (κ2) is 7.05. The van der Waals surface area contributed by atoms with Crippen molar-refractivity contribution in [1.29, 1.82) is 0 Å². The van der Waals surface area contributed by atoms with Gasteiger partial charge in [-0.2, -0.15) is 0 Å². The number of amides is 1. The molecule has 0 saturated heterocycles. The van der Waals surface area contributed by atoms with Crippen LogP contribution in [0, 0.1) is 5.82 Å². The Hall–Kier alpha value is -1.68. The number of rotatable bonds is 5. The molecule has 3 rings (SSSR count). The molecule has 1 aliphatic rings. The zero-order valence-electron chi connectivity index (χ0n) is 12.5. The molecule has 0 radical (unpaired) electrons. The summed E-state index contributed by atoms with van der Waals surface area (Å²) in [7, 11) is 0. The summed E-state index contributed by atoms with van der Waals surface area (Å²) in [5, 5.41) is 2.04. The molecular formula is C18H20FNOS. The third-order valence-electron chi connectivity index (χ3n) is 4.24. The highest BCUT2D eigenvalue weighted by molar-refractivity contribution is 7.09. The summed E-state index contributed by atoms with van der Waals surface area (Å²) < 4.78 is 13.3. The number of thiophene rings is 1. The predicted octanol–water partition coefficient (Wildman–Crippen LogP) is 4.40. The Kier molecular flexibility index (Phi) is 4.88. The average molecular weight is 317 g/mol. The first kappa shape index (κ1) is 15.2. The normalized spacial score (nSPS) is 15.1. The molecule has 1 aromatic heterocycles. The summed E-state index contributed by atoms with van der Waals surface area (Å²) in [4.78, 5) is 16.0. The van der Waals surface area contributed by atoms with Crippen molar-refractivity contribution in [2.24, 2.45) is 0 Å². The Labute approximate surface area is 134 Å². The second-order valence-corrected chi connectivity index (χ2v) is 6.88. The van der Waals surface area contributed by atoms with Gasteiger partial charge >= 0.3 is 0 Å². The van der Waals surface area contributed by atoms with Crippen LogP contribution in [0.3, 0.4) is 0 Å². The first-order chi connectivity index (χ1) is 10.7. The molecule has 0 bridgehead atoms. The van der Waals surface area contributed by atoms with Gasteiger partial charge in [0.1, 0.15) is 5.82 Å². The second-order valence-electron chi connectivity index (χ2n) is 5.85. The lowest BCUT2D eigenvalue weighted by atomic mass is 10.1. The highest BCUT2D eigenvalue weighted by Crippen LogP contribution is 2.26. The molecule has 0 spiro atoms. The lowest BCUT2D eigenvalue weighted by molar-refractivity contribution is -0.133. The van der Waals surface area contributed by atoms with Gasteiger partial charge in [0, 0.05) is 10.9 Å². The fourth-order valence-corrected chi connectivity index (χ4v) is 3.83. The van der Waals surface area contributed by atoms with E-state index < -0.39 is 0 Å². The van der Waals surface area contributed by atoms with Gasteiger partial charge in [-0.3, -0.25) is 4.79 Å². The zero-order valence-corrected chi connectivity index (χ0v) is 13.3. The number of benzene rings is 1. The third-order valence-corrected chi connectivity index (χ3v) is 5.10. The van der Waals surface area contributed by atoms with E-state index in [-0.39, 0.29) is 18.1 Å². The van der Waals surface area contributed by atoms with Crippen molar-refractivity contribution in [3.63, 3.8) is 0 Å². The summed E-state index contributed by atoms with van der Waals surface area (Å²) in [6.07, 6.45) is 4.83. The molecule has 1 saturated carbocycles. The SMILES string of the molecule is O=C(Cc1cccc(F)c1)N(Cc1cccs1)C1CCCC1. The Morgan fingerprint density at radius 2 is 2.05 bits per heavy atom. The number of hydrogen-bond donors (Lipinski definition) is 0. The molecule has 4 heteroatoms. The van der Waals surface area contributed by atoms with Crippen LogP contribution in [0.1, 0.15) is 36.1 Å². The van der Waals surface area contributed by atoms with E-state index in [1.54, 1.807) is 17.4 Å². The fraction of sp³-hybridized carbons (Fsp3) is 0.389. The van der Waals surface area contributed by atoms with Crippen LogP contribution in [0.2, 0.25) is 0 Å². The minimum Gasteiger partial charge on any atom is -0.334 e. The minimum absolute atomic E-state index is 0.103. The fourth-order valence-electron chi connectivity index (χ4n) is 3.13. The van der Waals surface area contributed by atoms with Crippen molar-refractivity contribution < 1.29 is 9.18 Å². The molecule has 1 amide bonds. The molecular weight excluding hydrogens is 297 g/mol. The van der Waals surface area contributed by atoms with Gasteiger partial charge in [-0.1, -0.05) is 31.0 Å². The van der Waals surface area contributed by atoms with E-state index >= 15 is 0 Å². The van der Waals surface area contributed by atoms with E-state index in [9.17, 15) is 9.18 Å². The summed E-state index contributed by atoms with van der Waals surface area (Å²) in [6.45, 7) is 0.677. The minimum atomic E-state index is -0.282. The number of carbonyl (C=O) groups is 1. The van der Waals surface area contributed by atoms with Gasteiger partial charge in [0.2, 0.25) is 5.91 Å². The van der Waals surface area contributed by atoms with Crippen LogP contribution in [0.15, 0.2) is 41.8 Å². The third kappa shape index (κ3) is 3.74. The van der Waals surface area contributed by atoms with E-state index in [0.717, 1.165) is 18.4 Å². The molecule has 0 aliphatic heterocycles. The zero-order chi connectivity index (χ0) is 15.4. The average Bonchev–Trinajstić information content (AvgIpc) is 3.18. The Morgan fingerprint density at radius 1 is 1.23 bits per heavy atom. The summed E-state index contributed by atoms with van der Waals surface area (Å²) in [6, 6.07) is 10.8. The van der Waals surface area contributed by atoms with Gasteiger partial charge in [-0.15, -0.1) is 11.3 Å². The molecule has 1 aromatic carbocycles. The monoisotopic (exact) mass is 317 g/mol. The van der Waals surface area contributed by atoms with E-state index in [4.69, 9.17) is 0 Å². The van der Waals surface area contributed by atoms with Gasteiger partial charge in [0.25, 0.3) is 0 Å². The number of halogens is 1. The van der Waals surface area contributed by atoms with Crippen molar-refractivity contribution in [1.82, 2.24) is 4.90 Å². The highest BCUT2D eigenvalue weighted by atomic mass is 32.1. The van der Waals surface area contributed by atoms with Crippen LogP contribution in [0.4, 0.5) is 4.39 Å². The lowest BCUT2D eigenvalue weighted by Gasteiger charge is -2.29.